The number of rotatable bonds is 3. The first kappa shape index (κ1) is 10.7. The second-order valence-corrected chi connectivity index (χ2v) is 4.03. The third-order valence-electron chi connectivity index (χ3n) is 2.74. The minimum absolute atomic E-state index is 0.832. The molecule has 82 valence electrons. The van der Waals surface area contributed by atoms with E-state index in [0.717, 1.165) is 18.5 Å². The average Bonchev–Trinajstić information content (AvgIpc) is 2.33. The molecule has 0 bridgehead atoms. The van der Waals surface area contributed by atoms with Gasteiger partial charge in [0.2, 0.25) is 0 Å². The molecule has 0 aliphatic rings. The number of hydrogen-bond donors (Lipinski definition) is 1. The minimum atomic E-state index is 0.832. The van der Waals surface area contributed by atoms with Crippen LogP contribution < -0.4 is 5.73 Å². The van der Waals surface area contributed by atoms with Gasteiger partial charge in [-0.2, -0.15) is 0 Å². The van der Waals surface area contributed by atoms with Crippen LogP contribution in [0.5, 0.6) is 0 Å². The molecule has 0 fully saturated rings. The monoisotopic (exact) mass is 211 g/mol. The number of nitrogens with two attached hydrogens (primary N) is 1. The molecule has 0 saturated carbocycles. The molecule has 2 rings (SSSR count). The van der Waals surface area contributed by atoms with Gasteiger partial charge in [0, 0.05) is 5.69 Å². The van der Waals surface area contributed by atoms with Gasteiger partial charge in [-0.15, -0.1) is 0 Å². The van der Waals surface area contributed by atoms with Crippen molar-refractivity contribution < 1.29 is 0 Å². The summed E-state index contributed by atoms with van der Waals surface area (Å²) in [5.74, 6) is 0. The Kier molecular flexibility index (Phi) is 3.25. The van der Waals surface area contributed by atoms with Crippen LogP contribution in [-0.2, 0) is 6.42 Å². The van der Waals surface area contributed by atoms with Crippen LogP contribution in [-0.4, -0.2) is 0 Å². The van der Waals surface area contributed by atoms with Crippen molar-refractivity contribution in [1.29, 1.82) is 0 Å². The van der Waals surface area contributed by atoms with E-state index in [9.17, 15) is 0 Å². The molecule has 0 saturated heterocycles. The molecule has 0 aromatic heterocycles. The van der Waals surface area contributed by atoms with Gasteiger partial charge in [-0.05, 0) is 35.2 Å². The van der Waals surface area contributed by atoms with E-state index in [4.69, 9.17) is 5.73 Å². The van der Waals surface area contributed by atoms with Gasteiger partial charge in [-0.3, -0.25) is 0 Å². The van der Waals surface area contributed by atoms with E-state index in [-0.39, 0.29) is 0 Å². The molecule has 0 aliphatic heterocycles. The van der Waals surface area contributed by atoms with Gasteiger partial charge in [-0.1, -0.05) is 49.7 Å². The van der Waals surface area contributed by atoms with E-state index in [0.29, 0.717) is 0 Å². The van der Waals surface area contributed by atoms with Crippen molar-refractivity contribution in [3.05, 3.63) is 54.1 Å². The highest BCUT2D eigenvalue weighted by Crippen LogP contribution is 2.26. The molecule has 1 heteroatoms. The van der Waals surface area contributed by atoms with Crippen LogP contribution in [0.1, 0.15) is 18.9 Å². The van der Waals surface area contributed by atoms with Crippen LogP contribution >= 0.6 is 0 Å². The molecule has 1 nitrogen and oxygen atoms in total. The standard InChI is InChI=1S/C15H17N/c1-2-6-12-9-10-14(16)11-15(12)13-7-4-3-5-8-13/h3-5,7-11H,2,6,16H2,1H3. The molecule has 0 spiro atoms. The van der Waals surface area contributed by atoms with Crippen molar-refractivity contribution in [2.24, 2.45) is 0 Å². The maximum Gasteiger partial charge on any atom is 0.0320 e. The van der Waals surface area contributed by atoms with Crippen LogP contribution in [0.4, 0.5) is 5.69 Å². The maximum atomic E-state index is 5.86. The topological polar surface area (TPSA) is 26.0 Å². The van der Waals surface area contributed by atoms with Crippen LogP contribution in [0, 0.1) is 0 Å². The Labute approximate surface area is 96.9 Å². The highest BCUT2D eigenvalue weighted by atomic mass is 14.5. The van der Waals surface area contributed by atoms with Crippen LogP contribution in [0.3, 0.4) is 0 Å². The summed E-state index contributed by atoms with van der Waals surface area (Å²) in [6.07, 6.45) is 2.26. The van der Waals surface area contributed by atoms with Crippen LogP contribution in [0.25, 0.3) is 11.1 Å². The Hall–Kier alpha value is -1.76. The summed E-state index contributed by atoms with van der Waals surface area (Å²) in [5, 5.41) is 0. The molecule has 0 heterocycles. The molecule has 2 aromatic carbocycles. The Balaban J connectivity index is 2.49. The Morgan fingerprint density at radius 1 is 1.00 bits per heavy atom. The summed E-state index contributed by atoms with van der Waals surface area (Å²) >= 11 is 0. The zero-order valence-electron chi connectivity index (χ0n) is 9.61. The first-order valence-electron chi connectivity index (χ1n) is 5.75. The fourth-order valence-corrected chi connectivity index (χ4v) is 1.97. The van der Waals surface area contributed by atoms with E-state index >= 15 is 0 Å². The van der Waals surface area contributed by atoms with Gasteiger partial charge in [0.25, 0.3) is 0 Å². The second-order valence-electron chi connectivity index (χ2n) is 4.03. The number of anilines is 1. The molecule has 0 amide bonds. The summed E-state index contributed by atoms with van der Waals surface area (Å²) < 4.78 is 0. The maximum absolute atomic E-state index is 5.86. The highest BCUT2D eigenvalue weighted by molar-refractivity contribution is 5.71. The average molecular weight is 211 g/mol. The SMILES string of the molecule is CCCc1ccc(N)cc1-c1ccccc1. The van der Waals surface area contributed by atoms with Crippen molar-refractivity contribution in [2.45, 2.75) is 19.8 Å². The molecular weight excluding hydrogens is 194 g/mol. The van der Waals surface area contributed by atoms with Gasteiger partial charge >= 0.3 is 0 Å². The summed E-state index contributed by atoms with van der Waals surface area (Å²) in [6, 6.07) is 16.6. The predicted octanol–water partition coefficient (Wildman–Crippen LogP) is 3.89. The molecule has 0 radical (unpaired) electrons. The van der Waals surface area contributed by atoms with E-state index in [1.165, 1.54) is 16.7 Å². The Morgan fingerprint density at radius 3 is 2.44 bits per heavy atom. The van der Waals surface area contributed by atoms with Crippen molar-refractivity contribution in [3.8, 4) is 11.1 Å². The molecule has 16 heavy (non-hydrogen) atoms. The first-order chi connectivity index (χ1) is 7.81. The molecule has 0 atom stereocenters. The number of hydrogen-bond acceptors (Lipinski definition) is 1. The number of aryl methyl sites for hydroxylation is 1. The van der Waals surface area contributed by atoms with E-state index in [1.54, 1.807) is 0 Å². The normalized spacial score (nSPS) is 10.3. The van der Waals surface area contributed by atoms with Crippen molar-refractivity contribution in [3.63, 3.8) is 0 Å². The predicted molar refractivity (Wildman–Crippen MR) is 70.3 cm³/mol. The van der Waals surface area contributed by atoms with Crippen molar-refractivity contribution in [2.75, 3.05) is 5.73 Å². The summed E-state index contributed by atoms with van der Waals surface area (Å²) in [6.45, 7) is 2.20. The van der Waals surface area contributed by atoms with E-state index < -0.39 is 0 Å². The van der Waals surface area contributed by atoms with Gasteiger partial charge in [0.15, 0.2) is 0 Å². The number of nitrogen functional groups attached to an aromatic ring is 1. The van der Waals surface area contributed by atoms with Crippen molar-refractivity contribution >= 4 is 5.69 Å². The summed E-state index contributed by atoms with van der Waals surface area (Å²) in [5.41, 5.74) is 10.6. The van der Waals surface area contributed by atoms with Gasteiger partial charge in [-0.25, -0.2) is 0 Å². The van der Waals surface area contributed by atoms with Gasteiger partial charge in [0.1, 0.15) is 0 Å². The fraction of sp³-hybridized carbons (Fsp3) is 0.200. The lowest BCUT2D eigenvalue weighted by atomic mass is 9.96. The molecule has 2 N–H and O–H groups in total. The molecular formula is C15H17N. The Bertz CT molecular complexity index is 460. The Morgan fingerprint density at radius 2 is 1.75 bits per heavy atom. The number of benzene rings is 2. The lowest BCUT2D eigenvalue weighted by molar-refractivity contribution is 0.924. The smallest absolute Gasteiger partial charge is 0.0320 e. The fourth-order valence-electron chi connectivity index (χ4n) is 1.97. The third-order valence-corrected chi connectivity index (χ3v) is 2.74. The van der Waals surface area contributed by atoms with E-state index in [2.05, 4.69) is 43.3 Å². The van der Waals surface area contributed by atoms with Gasteiger partial charge < -0.3 is 5.73 Å². The van der Waals surface area contributed by atoms with E-state index in [1.807, 2.05) is 12.1 Å². The van der Waals surface area contributed by atoms with Crippen LogP contribution in [0.2, 0.25) is 0 Å². The highest BCUT2D eigenvalue weighted by Gasteiger charge is 2.04. The van der Waals surface area contributed by atoms with Gasteiger partial charge in [0.05, 0.1) is 0 Å². The summed E-state index contributed by atoms with van der Waals surface area (Å²) in [7, 11) is 0. The minimum Gasteiger partial charge on any atom is -0.399 e. The second kappa shape index (κ2) is 4.84. The molecule has 0 aliphatic carbocycles. The zero-order valence-corrected chi connectivity index (χ0v) is 9.61. The quantitative estimate of drug-likeness (QED) is 0.766. The molecule has 2 aromatic rings. The molecule has 0 unspecified atom stereocenters. The largest absolute Gasteiger partial charge is 0.399 e. The van der Waals surface area contributed by atoms with Crippen molar-refractivity contribution in [1.82, 2.24) is 0 Å². The lowest BCUT2D eigenvalue weighted by Gasteiger charge is -2.10. The van der Waals surface area contributed by atoms with Crippen LogP contribution in [0.15, 0.2) is 48.5 Å². The zero-order chi connectivity index (χ0) is 11.4. The summed E-state index contributed by atoms with van der Waals surface area (Å²) in [4.78, 5) is 0. The third kappa shape index (κ3) is 2.25. The lowest BCUT2D eigenvalue weighted by Crippen LogP contribution is -1.92. The first-order valence-corrected chi connectivity index (χ1v) is 5.75.